The summed E-state index contributed by atoms with van der Waals surface area (Å²) in [5.41, 5.74) is 5.02. The van der Waals surface area contributed by atoms with Gasteiger partial charge in [-0.25, -0.2) is 17.0 Å². The van der Waals surface area contributed by atoms with Gasteiger partial charge in [0.2, 0.25) is 0 Å². The van der Waals surface area contributed by atoms with Gasteiger partial charge in [-0.05, 0) is 36.3 Å². The molecule has 2 aliphatic carbocycles. The van der Waals surface area contributed by atoms with E-state index < -0.39 is 13.1 Å². The smallest absolute Gasteiger partial charge is 0.175 e. The number of ether oxygens (including phenoxy) is 2. The van der Waals surface area contributed by atoms with Crippen molar-refractivity contribution < 1.29 is 33.7 Å². The molecular weight excluding hydrogens is 639 g/mol. The first-order valence-electron chi connectivity index (χ1n) is 15.1. The van der Waals surface area contributed by atoms with E-state index in [4.69, 9.17) is 18.9 Å². The van der Waals surface area contributed by atoms with E-state index in [1.165, 1.54) is 42.5 Å². The number of hydrogen-bond acceptors (Lipinski definition) is 3. The molecule has 6 atom stereocenters. The summed E-state index contributed by atoms with van der Waals surface area (Å²) in [6, 6.07) is -0.0713. The minimum absolute atomic E-state index is 0. The van der Waals surface area contributed by atoms with Gasteiger partial charge in [-0.2, -0.15) is 11.6 Å². The molecule has 5 heterocycles. The Labute approximate surface area is 239 Å². The van der Waals surface area contributed by atoms with Crippen LogP contribution >= 0.6 is 0 Å². The second kappa shape index (κ2) is 11.8. The van der Waals surface area contributed by atoms with Crippen LogP contribution in [0.15, 0.2) is 69.8 Å². The second-order valence-corrected chi connectivity index (χ2v) is 10.7. The summed E-state index contributed by atoms with van der Waals surface area (Å²) in [7, 11) is 0. The van der Waals surface area contributed by atoms with E-state index in [0.717, 1.165) is 43.1 Å². The molecule has 1 fully saturated rings. The molecule has 0 aromatic heterocycles. The molecule has 0 aromatic rings. The van der Waals surface area contributed by atoms with Crippen LogP contribution in [-0.4, -0.2) is 37.2 Å². The van der Waals surface area contributed by atoms with Gasteiger partial charge >= 0.3 is 0 Å². The van der Waals surface area contributed by atoms with Crippen LogP contribution in [0.3, 0.4) is 0 Å². The Balaban J connectivity index is 0.000000195. The van der Waals surface area contributed by atoms with Crippen LogP contribution in [0.1, 0.15) is 62.8 Å². The van der Waals surface area contributed by atoms with E-state index >= 15 is 0 Å². The van der Waals surface area contributed by atoms with E-state index in [1.807, 2.05) is 12.2 Å². The Kier molecular flexibility index (Phi) is 7.31. The van der Waals surface area contributed by atoms with Crippen LogP contribution in [0, 0.1) is 30.3 Å². The van der Waals surface area contributed by atoms with Gasteiger partial charge in [-0.1, -0.05) is 63.1 Å². The van der Waals surface area contributed by atoms with Gasteiger partial charge in [0.1, 0.15) is 6.10 Å². The summed E-state index contributed by atoms with van der Waals surface area (Å²) in [6.45, 7) is 1.74. The number of dihydropyridines is 1. The van der Waals surface area contributed by atoms with Gasteiger partial charge in [-0.3, -0.25) is 6.08 Å². The van der Waals surface area contributed by atoms with E-state index in [9.17, 15) is 0 Å². The van der Waals surface area contributed by atoms with Crippen LogP contribution in [0.25, 0.3) is 10.6 Å². The topological polar surface area (TPSA) is 59.0 Å². The number of nitrogens with zero attached hydrogens (tertiary/aromatic N) is 3. The van der Waals surface area contributed by atoms with E-state index in [0.29, 0.717) is 6.54 Å². The average Bonchev–Trinajstić information content (AvgIpc) is 3.58. The fourth-order valence-electron chi connectivity index (χ4n) is 6.13. The van der Waals surface area contributed by atoms with Crippen molar-refractivity contribution in [3.63, 3.8) is 0 Å². The van der Waals surface area contributed by atoms with Gasteiger partial charge in [0.15, 0.2) is 6.23 Å². The fourth-order valence-corrected chi connectivity index (χ4v) is 6.13. The van der Waals surface area contributed by atoms with Crippen molar-refractivity contribution in [3.05, 3.63) is 87.9 Å². The summed E-state index contributed by atoms with van der Waals surface area (Å²) < 4.78 is 34.8. The van der Waals surface area contributed by atoms with Gasteiger partial charge in [0.05, 0.1) is 6.26 Å². The predicted octanol–water partition coefficient (Wildman–Crippen LogP) is 7.04. The molecule has 0 amide bonds. The Morgan fingerprint density at radius 1 is 1.24 bits per heavy atom. The molecule has 0 N–H and O–H groups in total. The maximum Gasteiger partial charge on any atom is 0.175 e. The molecule has 3 unspecified atom stereocenters. The summed E-state index contributed by atoms with van der Waals surface area (Å²) >= 11 is 0. The molecule has 0 aromatic carbocycles. The first-order valence-corrected chi connectivity index (χ1v) is 13.6. The van der Waals surface area contributed by atoms with Crippen LogP contribution < -0.4 is 0 Å². The molecule has 7 aliphatic rings. The predicted molar refractivity (Wildman–Crippen MR) is 144 cm³/mol. The second-order valence-electron chi connectivity index (χ2n) is 10.7. The van der Waals surface area contributed by atoms with Gasteiger partial charge in [0.25, 0.3) is 0 Å². The maximum atomic E-state index is 7.59. The first-order chi connectivity index (χ1) is 18.9. The zero-order chi connectivity index (χ0) is 27.0. The Hall–Kier alpha value is -2.01. The van der Waals surface area contributed by atoms with Crippen LogP contribution in [0.5, 0.6) is 0 Å². The van der Waals surface area contributed by atoms with Crippen LogP contribution in [0.2, 0.25) is 0 Å². The Morgan fingerprint density at radius 3 is 3.00 bits per heavy atom. The zero-order valence-electron chi connectivity index (χ0n) is 24.4. The average molecular weight is 679 g/mol. The van der Waals surface area contributed by atoms with Gasteiger partial charge in [0, 0.05) is 35.8 Å². The Morgan fingerprint density at radius 2 is 2.19 bits per heavy atom. The third-order valence-electron chi connectivity index (χ3n) is 8.08. The number of rotatable bonds is 2. The Bertz CT molecular complexity index is 1180. The summed E-state index contributed by atoms with van der Waals surface area (Å²) in [6.07, 6.45) is 25.0. The molecular formula is C31H37IrN3O2-4. The SMILES string of the molecule is C[C@H]1CC=C(C2=[C-]CCCC2)[N-]C1.[2H]C([2H])([2H])C1=NC2OC3=C([C@@H]4[N-]CC=C5C=COC54)[CH-]CC[C@H]3C2C=C1.[Ir]. The van der Waals surface area contributed by atoms with E-state index in [2.05, 4.69) is 41.9 Å². The van der Waals surface area contributed by atoms with Gasteiger partial charge in [-0.15, -0.1) is 25.9 Å². The minimum Gasteiger partial charge on any atom is -0.769 e. The molecule has 5 nitrogen and oxygen atoms in total. The van der Waals surface area contributed by atoms with Crippen molar-refractivity contribution in [1.82, 2.24) is 0 Å². The molecule has 1 radical (unpaired) electrons. The fraction of sp³-hybridized carbons (Fsp3) is 0.548. The van der Waals surface area contributed by atoms with Crippen LogP contribution in [0.4, 0.5) is 0 Å². The van der Waals surface area contributed by atoms with Gasteiger partial charge < -0.3 is 25.8 Å². The quantitative estimate of drug-likeness (QED) is 0.295. The number of fused-ring (bicyclic) bond motifs is 4. The first kappa shape index (κ1) is 22.9. The molecule has 0 bridgehead atoms. The molecule has 5 aliphatic heterocycles. The molecule has 37 heavy (non-hydrogen) atoms. The van der Waals surface area contributed by atoms with Crippen LogP contribution in [-0.2, 0) is 29.6 Å². The molecule has 0 saturated carbocycles. The largest absolute Gasteiger partial charge is 0.769 e. The standard InChI is InChI=1S/C19H20N2O2.C12H17N.Ir/c1-11-5-6-14-13-3-2-4-15(18(13)23-19(14)21-11)16-17-12(7-9-20-16)8-10-22-17;1-10-7-8-12(13-9-10)11-5-3-2-4-6-11;/h4-8,10,13-14,16-17,19H,2-3,9H2,1H3;8,10H,2-5,7,9H2,1H3;/q2*-2;/t13-,14?,16-,17?,19?;10-;/m00./s1/i1D3;;. The molecule has 7 rings (SSSR count). The third kappa shape index (κ3) is 5.57. The number of hydrogen-bond donors (Lipinski definition) is 0. The van der Waals surface area contributed by atoms with Crippen molar-refractivity contribution in [3.8, 4) is 0 Å². The monoisotopic (exact) mass is 679 g/mol. The maximum absolute atomic E-state index is 7.59. The van der Waals surface area contributed by atoms with E-state index in [-0.39, 0.29) is 49.8 Å². The summed E-state index contributed by atoms with van der Waals surface area (Å²) in [5.74, 6) is 2.00. The normalized spacial score (nSPS) is 36.7. The third-order valence-corrected chi connectivity index (χ3v) is 8.08. The van der Waals surface area contributed by atoms with Crippen molar-refractivity contribution in [2.24, 2.45) is 22.7 Å². The van der Waals surface area contributed by atoms with Crippen molar-refractivity contribution in [2.45, 2.75) is 77.1 Å². The number of allylic oxidation sites excluding steroid dienone is 5. The van der Waals surface area contributed by atoms with Crippen molar-refractivity contribution >= 4 is 5.71 Å². The molecule has 6 heteroatoms. The van der Waals surface area contributed by atoms with Crippen molar-refractivity contribution in [2.75, 3.05) is 13.1 Å². The zero-order valence-corrected chi connectivity index (χ0v) is 23.8. The molecule has 1 saturated heterocycles. The summed E-state index contributed by atoms with van der Waals surface area (Å²) in [5, 5.41) is 9.37. The van der Waals surface area contributed by atoms with E-state index in [1.54, 1.807) is 12.3 Å². The minimum atomic E-state index is -2.20. The number of aliphatic imine (C=N–C) groups is 1. The summed E-state index contributed by atoms with van der Waals surface area (Å²) in [4.78, 5) is 4.40. The molecule has 0 spiro atoms. The van der Waals surface area contributed by atoms with Crippen molar-refractivity contribution in [1.29, 1.82) is 0 Å². The molecule has 201 valence electrons.